The Labute approximate surface area is 165 Å². The van der Waals surface area contributed by atoms with Gasteiger partial charge in [-0.1, -0.05) is 37.8 Å². The molecule has 1 atom stereocenters. The molecule has 1 aromatic carbocycles. The molecular weight excluding hydrogens is 388 g/mol. The SMILES string of the molecule is CCCCCCC(=O)Nc1ccc(Cl)c(S(=O)(=O)N[C@@H]2CCN(C#N)C2)c1. The van der Waals surface area contributed by atoms with Crippen LogP contribution in [-0.4, -0.2) is 38.4 Å². The molecule has 148 valence electrons. The van der Waals surface area contributed by atoms with E-state index in [2.05, 4.69) is 17.0 Å². The second kappa shape index (κ2) is 9.93. The van der Waals surface area contributed by atoms with E-state index in [1.165, 1.54) is 17.0 Å². The van der Waals surface area contributed by atoms with E-state index < -0.39 is 10.0 Å². The van der Waals surface area contributed by atoms with Crippen LogP contribution in [-0.2, 0) is 14.8 Å². The number of likely N-dealkylation sites (tertiary alicyclic amines) is 1. The van der Waals surface area contributed by atoms with Crippen LogP contribution in [0.4, 0.5) is 5.69 Å². The summed E-state index contributed by atoms with van der Waals surface area (Å²) in [5.74, 6) is -0.148. The van der Waals surface area contributed by atoms with Crippen LogP contribution in [0.1, 0.15) is 45.4 Å². The fourth-order valence-corrected chi connectivity index (χ4v) is 4.74. The molecule has 27 heavy (non-hydrogen) atoms. The van der Waals surface area contributed by atoms with Crippen LogP contribution in [0.5, 0.6) is 0 Å². The molecule has 0 spiro atoms. The van der Waals surface area contributed by atoms with Crippen LogP contribution in [0.15, 0.2) is 23.1 Å². The average molecular weight is 413 g/mol. The molecule has 1 aromatic rings. The quantitative estimate of drug-likeness (QED) is 0.479. The van der Waals surface area contributed by atoms with Gasteiger partial charge < -0.3 is 10.2 Å². The normalized spacial score (nSPS) is 16.9. The summed E-state index contributed by atoms with van der Waals surface area (Å²) < 4.78 is 27.9. The second-order valence-electron chi connectivity index (χ2n) is 6.66. The number of halogens is 1. The van der Waals surface area contributed by atoms with Crippen molar-refractivity contribution >= 4 is 33.2 Å². The second-order valence-corrected chi connectivity index (χ2v) is 8.75. The Hall–Kier alpha value is -1.82. The van der Waals surface area contributed by atoms with Gasteiger partial charge in [-0.15, -0.1) is 0 Å². The first-order valence-corrected chi connectivity index (χ1v) is 11.0. The summed E-state index contributed by atoms with van der Waals surface area (Å²) in [4.78, 5) is 13.4. The third-order valence-corrected chi connectivity index (χ3v) is 6.42. The predicted molar refractivity (Wildman–Crippen MR) is 105 cm³/mol. The van der Waals surface area contributed by atoms with E-state index in [-0.39, 0.29) is 21.9 Å². The minimum Gasteiger partial charge on any atom is -0.326 e. The molecule has 1 aliphatic rings. The number of unbranched alkanes of at least 4 members (excludes halogenated alkanes) is 3. The van der Waals surface area contributed by atoms with Crippen molar-refractivity contribution in [2.24, 2.45) is 0 Å². The Morgan fingerprint density at radius 2 is 2.15 bits per heavy atom. The van der Waals surface area contributed by atoms with E-state index in [9.17, 15) is 13.2 Å². The molecular formula is C18H25ClN4O3S. The predicted octanol–water partition coefficient (Wildman–Crippen LogP) is 3.08. The van der Waals surface area contributed by atoms with E-state index in [1.807, 2.05) is 6.19 Å². The molecule has 2 N–H and O–H groups in total. The molecule has 1 heterocycles. The fourth-order valence-electron chi connectivity index (χ4n) is 2.95. The molecule has 0 aromatic heterocycles. The number of carbonyl (C=O) groups excluding carboxylic acids is 1. The molecule has 1 fully saturated rings. The van der Waals surface area contributed by atoms with Gasteiger partial charge in [0.25, 0.3) is 0 Å². The lowest BCUT2D eigenvalue weighted by molar-refractivity contribution is -0.116. The Bertz CT molecular complexity index is 807. The highest BCUT2D eigenvalue weighted by molar-refractivity contribution is 7.89. The summed E-state index contributed by atoms with van der Waals surface area (Å²) in [7, 11) is -3.86. The number of sulfonamides is 1. The third-order valence-electron chi connectivity index (χ3n) is 4.41. The van der Waals surface area contributed by atoms with E-state index in [1.54, 1.807) is 6.07 Å². The number of nitrogens with one attached hydrogen (secondary N) is 2. The molecule has 1 saturated heterocycles. The average Bonchev–Trinajstić information content (AvgIpc) is 3.07. The molecule has 7 nitrogen and oxygen atoms in total. The van der Waals surface area contributed by atoms with E-state index in [4.69, 9.17) is 16.9 Å². The molecule has 0 unspecified atom stereocenters. The summed E-state index contributed by atoms with van der Waals surface area (Å²) in [6, 6.07) is 4.06. The van der Waals surface area contributed by atoms with Crippen molar-refractivity contribution < 1.29 is 13.2 Å². The maximum Gasteiger partial charge on any atom is 0.242 e. The summed E-state index contributed by atoms with van der Waals surface area (Å²) in [5.41, 5.74) is 0.394. The molecule has 0 saturated carbocycles. The zero-order valence-corrected chi connectivity index (χ0v) is 16.9. The lowest BCUT2D eigenvalue weighted by Crippen LogP contribution is -2.36. The van der Waals surface area contributed by atoms with Crippen LogP contribution in [0.2, 0.25) is 5.02 Å². The fraction of sp³-hybridized carbons (Fsp3) is 0.556. The zero-order valence-electron chi connectivity index (χ0n) is 15.4. The van der Waals surface area contributed by atoms with E-state index in [0.29, 0.717) is 31.6 Å². The van der Waals surface area contributed by atoms with Gasteiger partial charge in [0.15, 0.2) is 6.19 Å². The van der Waals surface area contributed by atoms with Crippen molar-refractivity contribution in [1.82, 2.24) is 9.62 Å². The number of carbonyl (C=O) groups is 1. The van der Waals surface area contributed by atoms with Crippen LogP contribution in [0.25, 0.3) is 0 Å². The number of amides is 1. The smallest absolute Gasteiger partial charge is 0.242 e. The summed E-state index contributed by atoms with van der Waals surface area (Å²) >= 11 is 6.08. The van der Waals surface area contributed by atoms with Crippen molar-refractivity contribution in [2.45, 2.75) is 56.4 Å². The van der Waals surface area contributed by atoms with Gasteiger partial charge >= 0.3 is 0 Å². The van der Waals surface area contributed by atoms with Gasteiger partial charge in [-0.05, 0) is 31.0 Å². The van der Waals surface area contributed by atoms with Gasteiger partial charge in [0, 0.05) is 31.2 Å². The van der Waals surface area contributed by atoms with Gasteiger partial charge in [0.2, 0.25) is 15.9 Å². The van der Waals surface area contributed by atoms with Crippen molar-refractivity contribution in [3.63, 3.8) is 0 Å². The van der Waals surface area contributed by atoms with E-state index >= 15 is 0 Å². The molecule has 0 radical (unpaired) electrons. The van der Waals surface area contributed by atoms with Crippen molar-refractivity contribution in [3.8, 4) is 6.19 Å². The Morgan fingerprint density at radius 3 is 2.81 bits per heavy atom. The minimum absolute atomic E-state index is 0.0802. The number of hydrogen-bond donors (Lipinski definition) is 2. The Balaban J connectivity index is 2.03. The number of nitrogens with zero attached hydrogens (tertiary/aromatic N) is 2. The summed E-state index contributed by atoms with van der Waals surface area (Å²) in [5, 5.41) is 11.7. The summed E-state index contributed by atoms with van der Waals surface area (Å²) in [6.45, 7) is 2.96. The first kappa shape index (κ1) is 21.5. The molecule has 1 amide bonds. The number of benzene rings is 1. The maximum absolute atomic E-state index is 12.7. The van der Waals surface area contributed by atoms with Gasteiger partial charge in [-0.3, -0.25) is 4.79 Å². The Morgan fingerprint density at radius 1 is 1.37 bits per heavy atom. The number of nitriles is 1. The van der Waals surface area contributed by atoms with Gasteiger partial charge in [-0.25, -0.2) is 13.1 Å². The lowest BCUT2D eigenvalue weighted by atomic mass is 10.1. The van der Waals surface area contributed by atoms with Crippen molar-refractivity contribution in [2.75, 3.05) is 18.4 Å². The molecule has 2 rings (SSSR count). The van der Waals surface area contributed by atoms with E-state index in [0.717, 1.165) is 25.7 Å². The van der Waals surface area contributed by atoms with Gasteiger partial charge in [0.05, 0.1) is 5.02 Å². The van der Waals surface area contributed by atoms with Gasteiger partial charge in [0.1, 0.15) is 4.90 Å². The van der Waals surface area contributed by atoms with Crippen LogP contribution < -0.4 is 10.0 Å². The topological polar surface area (TPSA) is 102 Å². The zero-order chi connectivity index (χ0) is 19.9. The number of hydrogen-bond acceptors (Lipinski definition) is 5. The molecule has 9 heteroatoms. The monoisotopic (exact) mass is 412 g/mol. The summed E-state index contributed by atoms with van der Waals surface area (Å²) in [6.07, 6.45) is 6.95. The number of rotatable bonds is 9. The highest BCUT2D eigenvalue weighted by Gasteiger charge is 2.28. The minimum atomic E-state index is -3.86. The third kappa shape index (κ3) is 6.38. The van der Waals surface area contributed by atoms with Crippen LogP contribution >= 0.6 is 11.6 Å². The lowest BCUT2D eigenvalue weighted by Gasteiger charge is -2.15. The molecule has 1 aliphatic heterocycles. The van der Waals surface area contributed by atoms with Crippen LogP contribution in [0, 0.1) is 11.5 Å². The highest BCUT2D eigenvalue weighted by atomic mass is 35.5. The maximum atomic E-state index is 12.7. The van der Waals surface area contributed by atoms with Crippen molar-refractivity contribution in [3.05, 3.63) is 23.2 Å². The number of anilines is 1. The largest absolute Gasteiger partial charge is 0.326 e. The van der Waals surface area contributed by atoms with Gasteiger partial charge in [-0.2, -0.15) is 5.26 Å². The molecule has 0 aliphatic carbocycles. The Kier molecular flexibility index (Phi) is 7.90. The van der Waals surface area contributed by atoms with Crippen molar-refractivity contribution in [1.29, 1.82) is 5.26 Å². The first-order valence-electron chi connectivity index (χ1n) is 9.12. The molecule has 0 bridgehead atoms. The standard InChI is InChI=1S/C18H25ClN4O3S/c1-2-3-4-5-6-18(24)21-14-7-8-16(19)17(11-14)27(25,26)22-15-9-10-23(12-15)13-20/h7-8,11,15,22H,2-6,9-10,12H2,1H3,(H,21,24)/t15-/m1/s1. The van der Waals surface area contributed by atoms with Crippen LogP contribution in [0.3, 0.4) is 0 Å². The highest BCUT2D eigenvalue weighted by Crippen LogP contribution is 2.26. The first-order chi connectivity index (χ1) is 12.9.